The molecule has 0 radical (unpaired) electrons. The molecule has 2 aliphatic heterocycles. The highest BCUT2D eigenvalue weighted by Gasteiger charge is 2.69. The standard InChI is InChI=1S/C29H48Cl2FN3O4/c1-6-17(30)9-7-8-10-19-25(26(37)33-12-11-18(16-36)39-5)35-24(15-28(2,3)4)29(19)20-13-22(32)21(31)14-23(20)34-27(29)38/h6,17-20,23-26,33,35-37H,1,7-16H2,2-5H3,(H,34,38). The van der Waals surface area contributed by atoms with Crippen LogP contribution in [0.5, 0.6) is 0 Å². The molecule has 2 heterocycles. The molecule has 1 aliphatic carbocycles. The van der Waals surface area contributed by atoms with Crippen molar-refractivity contribution in [3.05, 3.63) is 23.5 Å². The molecular weight excluding hydrogens is 544 g/mol. The molecule has 39 heavy (non-hydrogen) atoms. The van der Waals surface area contributed by atoms with Crippen LogP contribution in [0, 0.1) is 22.7 Å². The molecule has 5 N–H and O–H groups in total. The molecule has 3 rings (SSSR count). The van der Waals surface area contributed by atoms with Crippen molar-refractivity contribution >= 4 is 29.1 Å². The second kappa shape index (κ2) is 14.0. The van der Waals surface area contributed by atoms with Gasteiger partial charge >= 0.3 is 0 Å². The Morgan fingerprint density at radius 1 is 1.31 bits per heavy atom. The van der Waals surface area contributed by atoms with Crippen molar-refractivity contribution in [2.24, 2.45) is 22.7 Å². The largest absolute Gasteiger partial charge is 0.394 e. The third kappa shape index (κ3) is 7.37. The summed E-state index contributed by atoms with van der Waals surface area (Å²) in [7, 11) is 1.55. The summed E-state index contributed by atoms with van der Waals surface area (Å²) in [6.07, 6.45) is 5.22. The lowest BCUT2D eigenvalue weighted by Gasteiger charge is -2.43. The summed E-state index contributed by atoms with van der Waals surface area (Å²) >= 11 is 12.5. The van der Waals surface area contributed by atoms with Gasteiger partial charge in [0.05, 0.1) is 34.6 Å². The Kier molecular flexibility index (Phi) is 11.7. The minimum atomic E-state index is -0.943. The number of hydrogen-bond donors (Lipinski definition) is 5. The maximum absolute atomic E-state index is 15.0. The maximum atomic E-state index is 15.0. The van der Waals surface area contributed by atoms with E-state index in [4.69, 9.17) is 27.9 Å². The van der Waals surface area contributed by atoms with Crippen LogP contribution in [0.4, 0.5) is 4.39 Å². The molecule has 0 bridgehead atoms. The van der Waals surface area contributed by atoms with Gasteiger partial charge in [-0.2, -0.15) is 0 Å². The fourth-order valence-corrected chi connectivity index (χ4v) is 7.50. The molecule has 0 aromatic carbocycles. The predicted octanol–water partition coefficient (Wildman–Crippen LogP) is 4.35. The van der Waals surface area contributed by atoms with Crippen LogP contribution in [0.25, 0.3) is 0 Å². The zero-order chi connectivity index (χ0) is 29.0. The van der Waals surface area contributed by atoms with Crippen molar-refractivity contribution in [1.29, 1.82) is 0 Å². The van der Waals surface area contributed by atoms with Gasteiger partial charge in [0.25, 0.3) is 0 Å². The molecule has 1 amide bonds. The molecule has 0 aromatic heterocycles. The van der Waals surface area contributed by atoms with Crippen LogP contribution in [0.2, 0.25) is 0 Å². The van der Waals surface area contributed by atoms with Crippen LogP contribution >= 0.6 is 23.2 Å². The lowest BCUT2D eigenvalue weighted by Crippen LogP contribution is -2.51. The number of rotatable bonds is 14. The van der Waals surface area contributed by atoms with E-state index in [-0.39, 0.29) is 70.6 Å². The van der Waals surface area contributed by atoms with E-state index < -0.39 is 17.7 Å². The van der Waals surface area contributed by atoms with E-state index in [9.17, 15) is 15.0 Å². The van der Waals surface area contributed by atoms with Gasteiger partial charge in [0.1, 0.15) is 12.1 Å². The van der Waals surface area contributed by atoms with E-state index in [1.54, 1.807) is 13.2 Å². The van der Waals surface area contributed by atoms with Gasteiger partial charge in [-0.3, -0.25) is 10.1 Å². The maximum Gasteiger partial charge on any atom is 0.228 e. The van der Waals surface area contributed by atoms with Crippen molar-refractivity contribution in [1.82, 2.24) is 16.0 Å². The van der Waals surface area contributed by atoms with Crippen LogP contribution in [0.3, 0.4) is 0 Å². The third-order valence-electron chi connectivity index (χ3n) is 8.93. The van der Waals surface area contributed by atoms with Crippen LogP contribution in [-0.2, 0) is 9.53 Å². The smallest absolute Gasteiger partial charge is 0.228 e. The molecule has 10 heteroatoms. The fraction of sp³-hybridized carbons (Fsp3) is 0.828. The zero-order valence-corrected chi connectivity index (χ0v) is 25.3. The quantitative estimate of drug-likeness (QED) is 0.0890. The number of fused-ring (bicyclic) bond motifs is 2. The van der Waals surface area contributed by atoms with Gasteiger partial charge in [-0.05, 0) is 37.0 Å². The summed E-state index contributed by atoms with van der Waals surface area (Å²) in [5.74, 6) is -0.912. The molecule has 9 unspecified atom stereocenters. The summed E-state index contributed by atoms with van der Waals surface area (Å²) in [5, 5.41) is 31.0. The van der Waals surface area contributed by atoms with E-state index in [1.807, 2.05) is 0 Å². The second-order valence-corrected chi connectivity index (χ2v) is 13.7. The Bertz CT molecular complexity index is 881. The van der Waals surface area contributed by atoms with Crippen molar-refractivity contribution in [3.8, 4) is 0 Å². The van der Waals surface area contributed by atoms with Crippen LogP contribution in [0.1, 0.15) is 72.1 Å². The summed E-state index contributed by atoms with van der Waals surface area (Å²) < 4.78 is 20.3. The van der Waals surface area contributed by atoms with Crippen LogP contribution < -0.4 is 16.0 Å². The van der Waals surface area contributed by atoms with Gasteiger partial charge in [-0.25, -0.2) is 4.39 Å². The van der Waals surface area contributed by atoms with E-state index in [1.165, 1.54) is 0 Å². The number of amides is 1. The Balaban J connectivity index is 1.95. The van der Waals surface area contributed by atoms with Crippen molar-refractivity contribution in [2.75, 3.05) is 20.3 Å². The number of methoxy groups -OCH3 is 1. The Morgan fingerprint density at radius 2 is 2.03 bits per heavy atom. The van der Waals surface area contributed by atoms with Gasteiger partial charge in [-0.1, -0.05) is 51.3 Å². The van der Waals surface area contributed by atoms with Gasteiger partial charge in [0, 0.05) is 44.5 Å². The molecule has 2 saturated heterocycles. The van der Waals surface area contributed by atoms with E-state index in [2.05, 4.69) is 43.3 Å². The highest BCUT2D eigenvalue weighted by molar-refractivity contribution is 6.30. The molecule has 224 valence electrons. The molecule has 2 fully saturated rings. The third-order valence-corrected chi connectivity index (χ3v) is 9.69. The number of allylic oxidation sites excluding steroid dienone is 2. The highest BCUT2D eigenvalue weighted by atomic mass is 35.5. The molecule has 0 saturated carbocycles. The first-order chi connectivity index (χ1) is 18.4. The van der Waals surface area contributed by atoms with Crippen LogP contribution in [-0.4, -0.2) is 72.2 Å². The zero-order valence-electron chi connectivity index (χ0n) is 23.8. The van der Waals surface area contributed by atoms with Crippen LogP contribution in [0.15, 0.2) is 23.5 Å². The average Bonchev–Trinajstić information content (AvgIpc) is 3.33. The Morgan fingerprint density at radius 3 is 2.64 bits per heavy atom. The number of aliphatic hydroxyl groups excluding tert-OH is 2. The number of alkyl halides is 1. The van der Waals surface area contributed by atoms with Crippen molar-refractivity contribution in [2.45, 2.75) is 108 Å². The first-order valence-electron chi connectivity index (χ1n) is 14.3. The van der Waals surface area contributed by atoms with E-state index in [0.717, 1.165) is 19.3 Å². The fourth-order valence-electron chi connectivity index (χ4n) is 7.10. The molecular formula is C29H48Cl2FN3O4. The summed E-state index contributed by atoms with van der Waals surface area (Å²) in [5.41, 5.74) is -0.997. The number of carbonyl (C=O) groups is 1. The summed E-state index contributed by atoms with van der Waals surface area (Å²) in [6.45, 7) is 10.5. The number of halogens is 3. The minimum Gasteiger partial charge on any atom is -0.394 e. The Hall–Kier alpha value is -0.740. The van der Waals surface area contributed by atoms with Gasteiger partial charge < -0.3 is 25.6 Å². The molecule has 9 atom stereocenters. The van der Waals surface area contributed by atoms with Crippen molar-refractivity contribution in [3.63, 3.8) is 0 Å². The first-order valence-corrected chi connectivity index (χ1v) is 15.1. The number of aliphatic hydroxyl groups is 2. The lowest BCUT2D eigenvalue weighted by molar-refractivity contribution is -0.133. The highest BCUT2D eigenvalue weighted by Crippen LogP contribution is 2.59. The first kappa shape index (κ1) is 32.8. The number of carbonyl (C=O) groups excluding carboxylic acids is 1. The molecule has 0 aromatic rings. The van der Waals surface area contributed by atoms with Crippen molar-refractivity contribution < 1.29 is 24.1 Å². The minimum absolute atomic E-state index is 0.0702. The monoisotopic (exact) mass is 591 g/mol. The number of nitrogens with one attached hydrogen (secondary N) is 3. The van der Waals surface area contributed by atoms with Gasteiger partial charge in [0.2, 0.25) is 5.91 Å². The van der Waals surface area contributed by atoms with E-state index >= 15 is 4.39 Å². The molecule has 7 nitrogen and oxygen atoms in total. The van der Waals surface area contributed by atoms with E-state index in [0.29, 0.717) is 32.2 Å². The lowest BCUT2D eigenvalue weighted by atomic mass is 9.58. The summed E-state index contributed by atoms with van der Waals surface area (Å²) in [4.78, 5) is 14.1. The topological polar surface area (TPSA) is 103 Å². The second-order valence-electron chi connectivity index (χ2n) is 12.7. The molecule has 3 aliphatic rings. The normalized spacial score (nSPS) is 33.3. The van der Waals surface area contributed by atoms with Gasteiger partial charge in [-0.15, -0.1) is 18.2 Å². The number of unbranched alkanes of at least 4 members (excludes halogenated alkanes) is 1. The summed E-state index contributed by atoms with van der Waals surface area (Å²) in [6, 6.07) is -0.908. The SMILES string of the molecule is C=CC(Cl)CCCCC1C(C(O)NCCC(CO)OC)NC(CC(C)(C)C)C12C(=O)NC1CC(Cl)=C(F)CC12. The molecule has 1 spiro atoms. The predicted molar refractivity (Wildman–Crippen MR) is 154 cm³/mol. The number of hydrogen-bond acceptors (Lipinski definition) is 6. The average molecular weight is 593 g/mol. The Labute approximate surface area is 243 Å². The van der Waals surface area contributed by atoms with Gasteiger partial charge in [0.15, 0.2) is 0 Å². The number of ether oxygens (including phenoxy) is 1.